The first-order valence-corrected chi connectivity index (χ1v) is 13.2. The summed E-state index contributed by atoms with van der Waals surface area (Å²) in [7, 11) is 4.28. The Bertz CT molecular complexity index is 1660. The number of amides is 4. The summed E-state index contributed by atoms with van der Waals surface area (Å²) in [5.41, 5.74) is 2.41. The van der Waals surface area contributed by atoms with Crippen LogP contribution in [0.1, 0.15) is 11.1 Å². The molecule has 6 N–H and O–H groups in total. The number of carbonyl (C=O) groups is 2. The third kappa shape index (κ3) is 8.62. The van der Waals surface area contributed by atoms with Gasteiger partial charge < -0.3 is 45.7 Å². The van der Waals surface area contributed by atoms with Crippen molar-refractivity contribution in [3.05, 3.63) is 89.0 Å². The number of ether oxygens (including phenoxy) is 3. The van der Waals surface area contributed by atoms with Gasteiger partial charge in [0.2, 0.25) is 5.75 Å². The first-order valence-electron chi connectivity index (χ1n) is 13.2. The van der Waals surface area contributed by atoms with Gasteiger partial charge in [0, 0.05) is 53.5 Å². The highest BCUT2D eigenvalue weighted by atomic mass is 19.1. The molecular formula is C31H30F4N4O7. The maximum absolute atomic E-state index is 13.3. The maximum atomic E-state index is 13.3. The Balaban J connectivity index is 0.000000254. The first-order chi connectivity index (χ1) is 21.8. The Labute approximate surface area is 260 Å². The van der Waals surface area contributed by atoms with E-state index in [1.54, 1.807) is 0 Å². The summed E-state index contributed by atoms with van der Waals surface area (Å²) in [6.45, 7) is 3.67. The molecule has 0 aliphatic carbocycles. The third-order valence-corrected chi connectivity index (χ3v) is 6.19. The molecule has 0 aliphatic rings. The molecule has 4 aromatic carbocycles. The van der Waals surface area contributed by atoms with Crippen molar-refractivity contribution in [2.45, 2.75) is 13.8 Å². The van der Waals surface area contributed by atoms with Gasteiger partial charge in [-0.25, -0.2) is 27.2 Å². The van der Waals surface area contributed by atoms with E-state index >= 15 is 0 Å². The van der Waals surface area contributed by atoms with Gasteiger partial charge in [-0.2, -0.15) is 0 Å². The second kappa shape index (κ2) is 15.2. The molecule has 0 aromatic heterocycles. The van der Waals surface area contributed by atoms with E-state index in [1.807, 2.05) is 32.0 Å². The molecule has 0 bridgehead atoms. The summed E-state index contributed by atoms with van der Waals surface area (Å²) in [6, 6.07) is 10.4. The van der Waals surface area contributed by atoms with Gasteiger partial charge in [-0.05, 0) is 25.0 Å². The normalized spacial score (nSPS) is 10.2. The Morgan fingerprint density at radius 3 is 1.28 bits per heavy atom. The number of phenolic OH excluding ortho intramolecular Hbond substituents is 2. The van der Waals surface area contributed by atoms with Gasteiger partial charge >= 0.3 is 12.1 Å². The molecule has 0 heterocycles. The van der Waals surface area contributed by atoms with Crippen molar-refractivity contribution in [2.75, 3.05) is 42.6 Å². The number of halogens is 4. The number of anilines is 4. The minimum Gasteiger partial charge on any atom is -0.503 e. The van der Waals surface area contributed by atoms with E-state index in [2.05, 4.69) is 21.3 Å². The molecule has 0 saturated heterocycles. The molecule has 11 nitrogen and oxygen atoms in total. The fourth-order valence-electron chi connectivity index (χ4n) is 4.01. The van der Waals surface area contributed by atoms with E-state index in [0.717, 1.165) is 35.4 Å². The van der Waals surface area contributed by atoms with Crippen molar-refractivity contribution in [3.8, 4) is 28.7 Å². The van der Waals surface area contributed by atoms with Gasteiger partial charge in [-0.3, -0.25) is 0 Å². The van der Waals surface area contributed by atoms with Crippen molar-refractivity contribution >= 4 is 34.8 Å². The van der Waals surface area contributed by atoms with E-state index in [9.17, 15) is 27.2 Å². The highest BCUT2D eigenvalue weighted by Gasteiger charge is 2.16. The zero-order chi connectivity index (χ0) is 34.1. The number of rotatable bonds is 7. The highest BCUT2D eigenvalue weighted by molar-refractivity contribution is 6.01. The number of aromatic hydroxyl groups is 2. The van der Waals surface area contributed by atoms with E-state index in [0.29, 0.717) is 28.6 Å². The SMILES string of the molecule is COc1cc(NC(=O)Nc2cc(F)c(O)c(F)c2)cc(OC)c1OC.Cc1cccc(C)c1NC(=O)Nc1cc(F)c(O)c(F)c1. The van der Waals surface area contributed by atoms with Crippen LogP contribution in [0.3, 0.4) is 0 Å². The third-order valence-electron chi connectivity index (χ3n) is 6.19. The fourth-order valence-corrected chi connectivity index (χ4v) is 4.01. The van der Waals surface area contributed by atoms with Gasteiger partial charge in [0.15, 0.2) is 46.3 Å². The van der Waals surface area contributed by atoms with Crippen molar-refractivity contribution in [2.24, 2.45) is 0 Å². The average molecular weight is 647 g/mol. The van der Waals surface area contributed by atoms with Crippen molar-refractivity contribution < 1.29 is 51.6 Å². The molecule has 244 valence electrons. The Hall–Kier alpha value is -5.86. The van der Waals surface area contributed by atoms with Crippen LogP contribution in [0.25, 0.3) is 0 Å². The minimum absolute atomic E-state index is 0.0912. The topological polar surface area (TPSA) is 150 Å². The lowest BCUT2D eigenvalue weighted by Gasteiger charge is -2.15. The number of methoxy groups -OCH3 is 3. The number of nitrogens with one attached hydrogen (secondary N) is 4. The molecule has 0 unspecified atom stereocenters. The fraction of sp³-hybridized carbons (Fsp3) is 0.161. The number of aryl methyl sites for hydroxylation is 2. The standard InChI is InChI=1S/C16H16F2N2O5.C15H14F2N2O2/c1-23-12-6-9(7-13(24-2)15(12)25-3)20-16(22)19-8-4-10(17)14(21)11(18)5-8;1-8-4-3-5-9(2)13(8)19-15(21)18-10-6-11(16)14(20)12(17)7-10/h4-7,21H,1-3H3,(H2,19,20,22);3-7,20H,1-2H3,(H2,18,19,21). The Morgan fingerprint density at radius 1 is 0.587 bits per heavy atom. The lowest BCUT2D eigenvalue weighted by molar-refractivity contribution is 0.261. The molecule has 0 aliphatic heterocycles. The van der Waals surface area contributed by atoms with Gasteiger partial charge in [0.05, 0.1) is 27.0 Å². The van der Waals surface area contributed by atoms with E-state index in [4.69, 9.17) is 24.4 Å². The molecule has 15 heteroatoms. The molecule has 4 aromatic rings. The second-order valence-corrected chi connectivity index (χ2v) is 9.42. The summed E-state index contributed by atoms with van der Waals surface area (Å²) >= 11 is 0. The summed E-state index contributed by atoms with van der Waals surface area (Å²) in [5, 5.41) is 27.7. The number of para-hydroxylation sites is 1. The van der Waals surface area contributed by atoms with Crippen LogP contribution in [0.4, 0.5) is 49.9 Å². The quantitative estimate of drug-likeness (QED) is 0.0913. The summed E-state index contributed by atoms with van der Waals surface area (Å²) < 4.78 is 68.4. The summed E-state index contributed by atoms with van der Waals surface area (Å²) in [5.74, 6) is -5.87. The number of urea groups is 2. The monoisotopic (exact) mass is 646 g/mol. The predicted molar refractivity (Wildman–Crippen MR) is 163 cm³/mol. The summed E-state index contributed by atoms with van der Waals surface area (Å²) in [4.78, 5) is 23.9. The molecular weight excluding hydrogens is 616 g/mol. The van der Waals surface area contributed by atoms with Crippen molar-refractivity contribution in [3.63, 3.8) is 0 Å². The van der Waals surface area contributed by atoms with Crippen LogP contribution in [0.2, 0.25) is 0 Å². The van der Waals surface area contributed by atoms with Gasteiger partial charge in [0.25, 0.3) is 0 Å². The number of carbonyl (C=O) groups excluding carboxylic acids is 2. The average Bonchev–Trinajstić information content (AvgIpc) is 3.00. The van der Waals surface area contributed by atoms with Crippen molar-refractivity contribution in [1.29, 1.82) is 0 Å². The largest absolute Gasteiger partial charge is 0.503 e. The lowest BCUT2D eigenvalue weighted by atomic mass is 10.1. The number of phenols is 2. The molecule has 0 spiro atoms. The molecule has 4 rings (SSSR count). The van der Waals surface area contributed by atoms with Crippen LogP contribution in [-0.2, 0) is 0 Å². The zero-order valence-corrected chi connectivity index (χ0v) is 25.1. The molecule has 0 fully saturated rings. The van der Waals surface area contributed by atoms with Crippen LogP contribution >= 0.6 is 0 Å². The lowest BCUT2D eigenvalue weighted by Crippen LogP contribution is -2.20. The molecule has 0 radical (unpaired) electrons. The van der Waals surface area contributed by atoms with E-state index in [-0.39, 0.29) is 11.4 Å². The van der Waals surface area contributed by atoms with Crippen LogP contribution in [0, 0.1) is 37.1 Å². The number of hydrogen-bond donors (Lipinski definition) is 6. The maximum Gasteiger partial charge on any atom is 0.323 e. The van der Waals surface area contributed by atoms with Crippen molar-refractivity contribution in [1.82, 2.24) is 0 Å². The molecule has 4 amide bonds. The Morgan fingerprint density at radius 2 is 0.935 bits per heavy atom. The van der Waals surface area contributed by atoms with E-state index < -0.39 is 46.8 Å². The minimum atomic E-state index is -1.19. The predicted octanol–water partition coefficient (Wildman–Crippen LogP) is 7.27. The van der Waals surface area contributed by atoms with Crippen LogP contribution in [0.5, 0.6) is 28.7 Å². The smallest absolute Gasteiger partial charge is 0.323 e. The molecule has 0 saturated carbocycles. The van der Waals surface area contributed by atoms with Gasteiger partial charge in [-0.1, -0.05) is 18.2 Å². The zero-order valence-electron chi connectivity index (χ0n) is 25.1. The highest BCUT2D eigenvalue weighted by Crippen LogP contribution is 2.40. The first kappa shape index (κ1) is 34.6. The van der Waals surface area contributed by atoms with Crippen LogP contribution in [0.15, 0.2) is 54.6 Å². The molecule has 0 atom stereocenters. The molecule has 46 heavy (non-hydrogen) atoms. The number of benzene rings is 4. The number of hydrogen-bond acceptors (Lipinski definition) is 7. The second-order valence-electron chi connectivity index (χ2n) is 9.42. The summed E-state index contributed by atoms with van der Waals surface area (Å²) in [6.07, 6.45) is 0. The Kier molecular flexibility index (Phi) is 11.5. The van der Waals surface area contributed by atoms with Crippen LogP contribution in [-0.4, -0.2) is 43.6 Å². The van der Waals surface area contributed by atoms with Crippen LogP contribution < -0.4 is 35.5 Å². The van der Waals surface area contributed by atoms with Gasteiger partial charge in [-0.15, -0.1) is 0 Å². The van der Waals surface area contributed by atoms with E-state index in [1.165, 1.54) is 33.5 Å². The van der Waals surface area contributed by atoms with Gasteiger partial charge in [0.1, 0.15) is 0 Å².